The van der Waals surface area contributed by atoms with Gasteiger partial charge < -0.3 is 4.42 Å². The molecule has 0 unspecified atom stereocenters. The number of fused-ring (bicyclic) bond motifs is 10. The Balaban J connectivity index is 1.38. The highest BCUT2D eigenvalue weighted by Gasteiger charge is 2.21. The van der Waals surface area contributed by atoms with E-state index in [1.165, 1.54) is 4.57 Å². The maximum atomic E-state index is 9.46. The Kier molecular flexibility index (Phi) is 3.49. The fourth-order valence-corrected chi connectivity index (χ4v) is 7.07. The summed E-state index contributed by atoms with van der Waals surface area (Å²) in [5.74, 6) is 0.382. The van der Waals surface area contributed by atoms with Crippen LogP contribution in [-0.4, -0.2) is 19.5 Å². The van der Waals surface area contributed by atoms with Crippen LogP contribution in [0.3, 0.4) is 0 Å². The minimum absolute atomic E-state index is 0.0187. The summed E-state index contributed by atoms with van der Waals surface area (Å²) in [6.07, 6.45) is 0. The SMILES string of the molecule is [2H]c1c([2H])c([2H])c2c(sc3c2c([2H])c([2H])c2c3c3c([2H])c([2H])c([2H])c([2H])c3n2-c2nc(-c3ccccc3)nc(-c3ccc4c(c3)oc3ccccc34)n2)c1[2H]. The lowest BCUT2D eigenvalue weighted by molar-refractivity contribution is 0.669. The molecule has 0 spiro atoms. The topological polar surface area (TPSA) is 56.7 Å². The molecule has 0 fully saturated rings. The Morgan fingerprint density at radius 2 is 1.33 bits per heavy atom. The molecule has 0 bridgehead atoms. The highest BCUT2D eigenvalue weighted by Crippen LogP contribution is 2.43. The van der Waals surface area contributed by atoms with Crippen LogP contribution in [0.4, 0.5) is 0 Å². The molecule has 0 aliphatic rings. The summed E-state index contributed by atoms with van der Waals surface area (Å²) in [6.45, 7) is 0. The normalized spacial score (nSPS) is 15.1. The Bertz CT molecular complexity index is 3340. The third-order valence-electron chi connectivity index (χ3n) is 7.96. The van der Waals surface area contributed by atoms with Crippen LogP contribution in [0.15, 0.2) is 138 Å². The molecule has 0 radical (unpaired) electrons. The van der Waals surface area contributed by atoms with Gasteiger partial charge in [0.2, 0.25) is 5.95 Å². The van der Waals surface area contributed by atoms with Gasteiger partial charge in [0.25, 0.3) is 0 Å². The van der Waals surface area contributed by atoms with Crippen molar-refractivity contribution in [3.63, 3.8) is 0 Å². The Hall–Kier alpha value is -5.85. The molecular formula is C39H22N4OS. The molecule has 0 saturated heterocycles. The zero-order chi connectivity index (χ0) is 38.2. The standard InChI is InChI=1S/C39H22N4OS/c1-2-10-23(11-3-1)37-40-38(24-18-19-26-25-12-5-8-16-32(25)44-33(26)22-24)42-39(41-37)43-30-15-7-4-14-29(30)35-31(43)21-20-28-27-13-6-9-17-34(27)45-36(28)35/h1-22H/i4D,6D,7D,9D,13D,14D,15D,17D,20D,21D. The molecule has 10 aromatic rings. The number of hydrogen-bond acceptors (Lipinski definition) is 5. The van der Waals surface area contributed by atoms with Crippen LogP contribution in [0.2, 0.25) is 0 Å². The van der Waals surface area contributed by atoms with Crippen LogP contribution < -0.4 is 0 Å². The molecule has 0 aliphatic carbocycles. The molecule has 4 heterocycles. The summed E-state index contributed by atoms with van der Waals surface area (Å²) in [5.41, 5.74) is 2.49. The van der Waals surface area contributed by atoms with Crippen molar-refractivity contribution >= 4 is 75.3 Å². The number of nitrogens with zero attached hydrogens (tertiary/aromatic N) is 4. The van der Waals surface area contributed by atoms with E-state index in [0.29, 0.717) is 22.3 Å². The zero-order valence-corrected chi connectivity index (χ0v) is 23.9. The lowest BCUT2D eigenvalue weighted by atomic mass is 10.1. The average molecular weight is 605 g/mol. The Morgan fingerprint density at radius 3 is 2.24 bits per heavy atom. The first-order valence-corrected chi connectivity index (χ1v) is 14.9. The number of hydrogen-bond donors (Lipinski definition) is 0. The van der Waals surface area contributed by atoms with Gasteiger partial charge in [0.05, 0.1) is 24.7 Å². The monoisotopic (exact) mass is 604 g/mol. The molecule has 10 rings (SSSR count). The van der Waals surface area contributed by atoms with Gasteiger partial charge >= 0.3 is 0 Å². The van der Waals surface area contributed by atoms with Gasteiger partial charge in [0.15, 0.2) is 11.6 Å². The smallest absolute Gasteiger partial charge is 0.238 e. The number of rotatable bonds is 3. The first-order chi connectivity index (χ1) is 26.5. The summed E-state index contributed by atoms with van der Waals surface area (Å²) in [6, 6.07) is 18.2. The van der Waals surface area contributed by atoms with E-state index in [1.54, 1.807) is 0 Å². The van der Waals surface area contributed by atoms with E-state index in [1.807, 2.05) is 72.8 Å². The molecule has 0 N–H and O–H groups in total. The lowest BCUT2D eigenvalue weighted by Gasteiger charge is -2.11. The molecule has 0 amide bonds. The molecule has 6 aromatic carbocycles. The third-order valence-corrected chi connectivity index (χ3v) is 9.08. The zero-order valence-electron chi connectivity index (χ0n) is 33.0. The predicted octanol–water partition coefficient (Wildman–Crippen LogP) is 10.6. The fourth-order valence-electron chi connectivity index (χ4n) is 5.95. The molecule has 6 heteroatoms. The number of para-hydroxylation sites is 2. The Labute approximate surface area is 274 Å². The highest BCUT2D eigenvalue weighted by molar-refractivity contribution is 7.26. The van der Waals surface area contributed by atoms with Crippen LogP contribution >= 0.6 is 11.3 Å². The summed E-state index contributed by atoms with van der Waals surface area (Å²) in [4.78, 5) is 14.6. The van der Waals surface area contributed by atoms with Gasteiger partial charge in [0.1, 0.15) is 11.2 Å². The maximum Gasteiger partial charge on any atom is 0.238 e. The largest absolute Gasteiger partial charge is 0.456 e. The van der Waals surface area contributed by atoms with Gasteiger partial charge in [-0.2, -0.15) is 9.97 Å². The maximum absolute atomic E-state index is 9.46. The van der Waals surface area contributed by atoms with Gasteiger partial charge in [0, 0.05) is 52.8 Å². The van der Waals surface area contributed by atoms with Crippen LogP contribution in [0.5, 0.6) is 0 Å². The van der Waals surface area contributed by atoms with Crippen molar-refractivity contribution in [2.45, 2.75) is 0 Å². The van der Waals surface area contributed by atoms with E-state index in [2.05, 4.69) is 0 Å². The number of furan rings is 1. The summed E-state index contributed by atoms with van der Waals surface area (Å²) in [5, 5.41) is 2.22. The van der Waals surface area contributed by atoms with Gasteiger partial charge in [-0.15, -0.1) is 11.3 Å². The minimum Gasteiger partial charge on any atom is -0.456 e. The molecular weight excluding hydrogens is 573 g/mol. The second-order valence-electron chi connectivity index (χ2n) is 10.5. The predicted molar refractivity (Wildman–Crippen MR) is 185 cm³/mol. The van der Waals surface area contributed by atoms with E-state index in [-0.39, 0.29) is 83.7 Å². The number of benzene rings is 6. The van der Waals surface area contributed by atoms with E-state index in [0.717, 1.165) is 22.1 Å². The van der Waals surface area contributed by atoms with Crippen LogP contribution in [0, 0.1) is 0 Å². The number of aromatic nitrogens is 4. The van der Waals surface area contributed by atoms with E-state index in [9.17, 15) is 4.11 Å². The van der Waals surface area contributed by atoms with Gasteiger partial charge in [-0.3, -0.25) is 4.57 Å². The van der Waals surface area contributed by atoms with Crippen molar-refractivity contribution < 1.29 is 18.1 Å². The van der Waals surface area contributed by atoms with Crippen LogP contribution in [-0.2, 0) is 0 Å². The molecule has 0 aliphatic heterocycles. The summed E-state index contributed by atoms with van der Waals surface area (Å²) >= 11 is 0.985. The van der Waals surface area contributed by atoms with Gasteiger partial charge in [-0.1, -0.05) is 96.9 Å². The van der Waals surface area contributed by atoms with Crippen molar-refractivity contribution in [2.24, 2.45) is 0 Å². The van der Waals surface area contributed by atoms with Crippen molar-refractivity contribution in [3.8, 4) is 28.7 Å². The third kappa shape index (κ3) is 3.63. The summed E-state index contributed by atoms with van der Waals surface area (Å²) < 4.78 is 96.5. The van der Waals surface area contributed by atoms with Gasteiger partial charge in [-0.05, 0) is 36.3 Å². The molecule has 45 heavy (non-hydrogen) atoms. The molecule has 0 saturated carbocycles. The van der Waals surface area contributed by atoms with Crippen molar-refractivity contribution in [1.29, 1.82) is 0 Å². The molecule has 4 aromatic heterocycles. The first kappa shape index (κ1) is 16.9. The van der Waals surface area contributed by atoms with Crippen LogP contribution in [0.1, 0.15) is 13.7 Å². The second-order valence-corrected chi connectivity index (χ2v) is 11.5. The highest BCUT2D eigenvalue weighted by atomic mass is 32.1. The summed E-state index contributed by atoms with van der Waals surface area (Å²) in [7, 11) is 0. The van der Waals surface area contributed by atoms with E-state index in [4.69, 9.17) is 29.0 Å². The lowest BCUT2D eigenvalue weighted by Crippen LogP contribution is -2.06. The fraction of sp³-hybridized carbons (Fsp3) is 0. The van der Waals surface area contributed by atoms with Crippen LogP contribution in [0.25, 0.3) is 92.6 Å². The molecule has 210 valence electrons. The molecule has 5 nitrogen and oxygen atoms in total. The first-order valence-electron chi connectivity index (χ1n) is 19.1. The van der Waals surface area contributed by atoms with E-state index >= 15 is 0 Å². The van der Waals surface area contributed by atoms with E-state index < -0.39 is 36.3 Å². The van der Waals surface area contributed by atoms with Gasteiger partial charge in [-0.25, -0.2) is 4.98 Å². The second kappa shape index (κ2) is 9.32. The van der Waals surface area contributed by atoms with Crippen molar-refractivity contribution in [1.82, 2.24) is 19.5 Å². The van der Waals surface area contributed by atoms with Crippen molar-refractivity contribution in [3.05, 3.63) is 133 Å². The van der Waals surface area contributed by atoms with Crippen molar-refractivity contribution in [2.75, 3.05) is 0 Å². The quantitative estimate of drug-likeness (QED) is 0.201. The Morgan fingerprint density at radius 1 is 0.578 bits per heavy atom. The average Bonchev–Trinajstić information content (AvgIpc) is 3.90. The number of thiophene rings is 1. The minimum atomic E-state index is -0.528. The molecule has 0 atom stereocenters.